The van der Waals surface area contributed by atoms with E-state index < -0.39 is 0 Å². The van der Waals surface area contributed by atoms with Gasteiger partial charge in [-0.25, -0.2) is 4.98 Å². The molecule has 1 aromatic heterocycles. The minimum Gasteiger partial charge on any atom is -0.379 e. The monoisotopic (exact) mass is 372 g/mol. The molecule has 0 radical (unpaired) electrons. The molecule has 7 heteroatoms. The van der Waals surface area contributed by atoms with Crippen LogP contribution in [0, 0.1) is 5.92 Å². The van der Waals surface area contributed by atoms with Crippen molar-refractivity contribution in [3.63, 3.8) is 0 Å². The average Bonchev–Trinajstić information content (AvgIpc) is 2.67. The molecule has 1 atom stereocenters. The summed E-state index contributed by atoms with van der Waals surface area (Å²) in [5.41, 5.74) is 0.493. The Bertz CT molecular complexity index is 827. The zero-order chi connectivity index (χ0) is 19.2. The summed E-state index contributed by atoms with van der Waals surface area (Å²) in [5.74, 6) is 0.967. The molecule has 2 heterocycles. The molecule has 7 nitrogen and oxygen atoms in total. The highest BCUT2D eigenvalue weighted by atomic mass is 16.5. The van der Waals surface area contributed by atoms with Crippen LogP contribution in [0.3, 0.4) is 0 Å². The normalized spacial score (nSPS) is 16.6. The van der Waals surface area contributed by atoms with Crippen molar-refractivity contribution in [2.45, 2.75) is 32.7 Å². The number of H-pyrrole nitrogens is 1. The van der Waals surface area contributed by atoms with Gasteiger partial charge in [0.1, 0.15) is 5.82 Å². The second-order valence-electron chi connectivity index (χ2n) is 7.29. The van der Waals surface area contributed by atoms with Gasteiger partial charge in [-0.2, -0.15) is 0 Å². The van der Waals surface area contributed by atoms with E-state index >= 15 is 0 Å². The van der Waals surface area contributed by atoms with Crippen LogP contribution >= 0.6 is 0 Å². The Labute approximate surface area is 159 Å². The minimum absolute atomic E-state index is 0.0234. The number of rotatable bonds is 7. The Morgan fingerprint density at radius 3 is 2.78 bits per heavy atom. The van der Waals surface area contributed by atoms with Crippen LogP contribution in [0.25, 0.3) is 10.9 Å². The highest BCUT2D eigenvalue weighted by Crippen LogP contribution is 2.12. The average molecular weight is 372 g/mol. The van der Waals surface area contributed by atoms with Crippen LogP contribution in [-0.2, 0) is 16.0 Å². The lowest BCUT2D eigenvalue weighted by Gasteiger charge is -2.36. The predicted octanol–water partition coefficient (Wildman–Crippen LogP) is 1.33. The molecule has 0 unspecified atom stereocenters. The summed E-state index contributed by atoms with van der Waals surface area (Å²) in [7, 11) is 0. The second kappa shape index (κ2) is 9.10. The van der Waals surface area contributed by atoms with E-state index in [4.69, 9.17) is 4.74 Å². The number of benzene rings is 1. The summed E-state index contributed by atoms with van der Waals surface area (Å²) in [6, 6.07) is 7.52. The molecular weight excluding hydrogens is 344 g/mol. The highest BCUT2D eigenvalue weighted by Gasteiger charge is 2.24. The van der Waals surface area contributed by atoms with Crippen LogP contribution in [-0.4, -0.2) is 59.7 Å². The summed E-state index contributed by atoms with van der Waals surface area (Å²) in [5, 5.41) is 3.61. The smallest absolute Gasteiger partial charge is 0.258 e. The highest BCUT2D eigenvalue weighted by molar-refractivity contribution is 5.78. The van der Waals surface area contributed by atoms with E-state index in [9.17, 15) is 9.59 Å². The molecule has 0 spiro atoms. The van der Waals surface area contributed by atoms with E-state index in [1.165, 1.54) is 0 Å². The molecule has 3 rings (SSSR count). The molecule has 0 bridgehead atoms. The third-order valence-corrected chi connectivity index (χ3v) is 5.04. The Morgan fingerprint density at radius 1 is 1.30 bits per heavy atom. The summed E-state index contributed by atoms with van der Waals surface area (Å²) in [4.78, 5) is 34.0. The van der Waals surface area contributed by atoms with Crippen molar-refractivity contribution < 1.29 is 9.53 Å². The molecule has 1 fully saturated rings. The van der Waals surface area contributed by atoms with Crippen molar-refractivity contribution in [3.8, 4) is 0 Å². The molecule has 0 saturated carbocycles. The maximum atomic E-state index is 12.3. The molecule has 1 aromatic carbocycles. The van der Waals surface area contributed by atoms with Crippen LogP contribution in [0.1, 0.15) is 26.1 Å². The molecule has 146 valence electrons. The number of fused-ring (bicyclic) bond motifs is 1. The lowest BCUT2D eigenvalue weighted by Crippen LogP contribution is -2.51. The summed E-state index contributed by atoms with van der Waals surface area (Å²) >= 11 is 0. The Balaban J connectivity index is 1.54. The van der Waals surface area contributed by atoms with Crippen molar-refractivity contribution in [2.24, 2.45) is 5.92 Å². The standard InChI is InChI=1S/C20H28N4O3/c1-14(2)17(24-9-11-27-12-10-24)13-21-19(25)8-7-18-22-16-6-4-3-5-15(16)20(26)23-18/h3-6,14,17H,7-13H2,1-2H3,(H,21,25)(H,22,23,26)/t17-/m0/s1. The van der Waals surface area contributed by atoms with Gasteiger partial charge in [-0.15, -0.1) is 0 Å². The predicted molar refractivity (Wildman–Crippen MR) is 105 cm³/mol. The zero-order valence-electron chi connectivity index (χ0n) is 16.0. The molecule has 0 aliphatic carbocycles. The Morgan fingerprint density at radius 2 is 2.04 bits per heavy atom. The van der Waals surface area contributed by atoms with Crippen molar-refractivity contribution in [1.29, 1.82) is 0 Å². The molecule has 2 aromatic rings. The topological polar surface area (TPSA) is 87.3 Å². The van der Waals surface area contributed by atoms with E-state index in [2.05, 4.69) is 34.0 Å². The fourth-order valence-electron chi connectivity index (χ4n) is 3.49. The number of amides is 1. The van der Waals surface area contributed by atoms with E-state index in [0.29, 0.717) is 48.1 Å². The van der Waals surface area contributed by atoms with Gasteiger partial charge in [0, 0.05) is 38.5 Å². The summed E-state index contributed by atoms with van der Waals surface area (Å²) < 4.78 is 5.42. The van der Waals surface area contributed by atoms with Crippen molar-refractivity contribution in [2.75, 3.05) is 32.8 Å². The molecule has 1 saturated heterocycles. The summed E-state index contributed by atoms with van der Waals surface area (Å²) in [6.45, 7) is 8.28. The van der Waals surface area contributed by atoms with Gasteiger partial charge in [0.25, 0.3) is 5.56 Å². The number of carbonyl (C=O) groups excluding carboxylic acids is 1. The molecule has 1 aliphatic heterocycles. The number of nitrogens with one attached hydrogen (secondary N) is 2. The van der Waals surface area contributed by atoms with Crippen LogP contribution in [0.5, 0.6) is 0 Å². The maximum Gasteiger partial charge on any atom is 0.258 e. The number of ether oxygens (including phenoxy) is 1. The largest absolute Gasteiger partial charge is 0.379 e. The number of aryl methyl sites for hydroxylation is 1. The Kier molecular flexibility index (Phi) is 6.58. The van der Waals surface area contributed by atoms with Crippen LogP contribution in [0.15, 0.2) is 29.1 Å². The van der Waals surface area contributed by atoms with Crippen LogP contribution < -0.4 is 10.9 Å². The quantitative estimate of drug-likeness (QED) is 0.766. The van der Waals surface area contributed by atoms with Gasteiger partial charge >= 0.3 is 0 Å². The van der Waals surface area contributed by atoms with Gasteiger partial charge in [-0.05, 0) is 18.1 Å². The Hall–Kier alpha value is -2.25. The lowest BCUT2D eigenvalue weighted by atomic mass is 10.0. The number of morpholine rings is 1. The molecule has 27 heavy (non-hydrogen) atoms. The van der Waals surface area contributed by atoms with Crippen molar-refractivity contribution in [3.05, 3.63) is 40.4 Å². The SMILES string of the molecule is CC(C)[C@H](CNC(=O)CCc1nc2ccccc2c(=O)[nH]1)N1CCOCC1. The number of nitrogens with zero attached hydrogens (tertiary/aromatic N) is 2. The van der Waals surface area contributed by atoms with Gasteiger partial charge in [-0.3, -0.25) is 14.5 Å². The van der Waals surface area contributed by atoms with Gasteiger partial charge in [-0.1, -0.05) is 26.0 Å². The fourth-order valence-corrected chi connectivity index (χ4v) is 3.49. The van der Waals surface area contributed by atoms with Gasteiger partial charge in [0.05, 0.1) is 24.1 Å². The number of aromatic nitrogens is 2. The third-order valence-electron chi connectivity index (χ3n) is 5.04. The zero-order valence-corrected chi connectivity index (χ0v) is 16.0. The van der Waals surface area contributed by atoms with E-state index in [1.807, 2.05) is 18.2 Å². The van der Waals surface area contributed by atoms with Crippen molar-refractivity contribution in [1.82, 2.24) is 20.2 Å². The number of hydrogen-bond donors (Lipinski definition) is 2. The van der Waals surface area contributed by atoms with E-state index in [0.717, 1.165) is 26.3 Å². The van der Waals surface area contributed by atoms with E-state index in [1.54, 1.807) is 6.07 Å². The molecule has 1 amide bonds. The fraction of sp³-hybridized carbons (Fsp3) is 0.550. The first-order valence-electron chi connectivity index (χ1n) is 9.61. The first-order chi connectivity index (χ1) is 13.0. The second-order valence-corrected chi connectivity index (χ2v) is 7.29. The number of carbonyl (C=O) groups is 1. The molecule has 2 N–H and O–H groups in total. The van der Waals surface area contributed by atoms with Crippen LogP contribution in [0.4, 0.5) is 0 Å². The lowest BCUT2D eigenvalue weighted by molar-refractivity contribution is -0.121. The summed E-state index contributed by atoms with van der Waals surface area (Å²) in [6.07, 6.45) is 0.713. The number of para-hydroxylation sites is 1. The minimum atomic E-state index is -0.164. The van der Waals surface area contributed by atoms with Crippen molar-refractivity contribution >= 4 is 16.8 Å². The number of aromatic amines is 1. The first-order valence-corrected chi connectivity index (χ1v) is 9.61. The maximum absolute atomic E-state index is 12.3. The van der Waals surface area contributed by atoms with Gasteiger partial charge in [0.2, 0.25) is 5.91 Å². The number of hydrogen-bond acceptors (Lipinski definition) is 5. The third kappa shape index (κ3) is 5.14. The first kappa shape index (κ1) is 19.5. The van der Waals surface area contributed by atoms with Gasteiger partial charge in [0.15, 0.2) is 0 Å². The molecular formula is C20H28N4O3. The molecule has 1 aliphatic rings. The van der Waals surface area contributed by atoms with E-state index in [-0.39, 0.29) is 11.5 Å². The van der Waals surface area contributed by atoms with Gasteiger partial charge < -0.3 is 15.0 Å². The van der Waals surface area contributed by atoms with Crippen LogP contribution in [0.2, 0.25) is 0 Å².